The molecule has 2 aromatic heterocycles. The predicted molar refractivity (Wildman–Crippen MR) is 140 cm³/mol. The van der Waals surface area contributed by atoms with Crippen LogP contribution in [-0.4, -0.2) is 33.4 Å². The molecular weight excluding hydrogens is 531 g/mol. The third kappa shape index (κ3) is 7.48. The smallest absolute Gasteiger partial charge is 0.196 e. The summed E-state index contributed by atoms with van der Waals surface area (Å²) in [6.07, 6.45) is 7.19. The first-order chi connectivity index (χ1) is 15.7. The number of hydrogen-bond acceptors (Lipinski definition) is 5. The summed E-state index contributed by atoms with van der Waals surface area (Å²) in [4.78, 5) is 4.80. The summed E-state index contributed by atoms with van der Waals surface area (Å²) in [6, 6.07) is 11.8. The van der Waals surface area contributed by atoms with Crippen LogP contribution >= 0.6 is 24.0 Å². The highest BCUT2D eigenvalue weighted by atomic mass is 127. The molecule has 8 nitrogen and oxygen atoms in total. The standard InChI is InChI=1S/C24H32N6O2.HI/c1-18(2)32-21-11-9-19(10-12-21)27-24(25-14-13-20-7-6-16-31-20)26-17-23-29-28-22-8-4-3-5-15-30(22)23;/h6-7,9-12,16,18H,3-5,8,13-15,17H2,1-2H3,(H2,25,26,27);1H. The maximum Gasteiger partial charge on any atom is 0.196 e. The Morgan fingerprint density at radius 3 is 2.76 bits per heavy atom. The number of halogens is 1. The van der Waals surface area contributed by atoms with Crippen molar-refractivity contribution in [3.8, 4) is 5.75 Å². The van der Waals surface area contributed by atoms with E-state index >= 15 is 0 Å². The van der Waals surface area contributed by atoms with Crippen LogP contribution in [0.25, 0.3) is 0 Å². The second-order valence-electron chi connectivity index (χ2n) is 8.23. The maximum absolute atomic E-state index is 5.74. The zero-order chi connectivity index (χ0) is 22.2. The van der Waals surface area contributed by atoms with E-state index in [2.05, 4.69) is 25.4 Å². The van der Waals surface area contributed by atoms with E-state index < -0.39 is 0 Å². The second-order valence-corrected chi connectivity index (χ2v) is 8.23. The normalized spacial score (nSPS) is 13.7. The van der Waals surface area contributed by atoms with Gasteiger partial charge in [0.2, 0.25) is 0 Å². The molecule has 1 aromatic carbocycles. The SMILES string of the molecule is CC(C)Oc1ccc(NC(=NCc2nnc3n2CCCCC3)NCCc2ccco2)cc1.I. The summed E-state index contributed by atoms with van der Waals surface area (Å²) in [6.45, 7) is 6.18. The maximum atomic E-state index is 5.74. The van der Waals surface area contributed by atoms with Gasteiger partial charge in [-0.15, -0.1) is 34.2 Å². The molecule has 0 aliphatic carbocycles. The first kappa shape index (κ1) is 25.1. The molecule has 4 rings (SSSR count). The lowest BCUT2D eigenvalue weighted by Crippen LogP contribution is -2.32. The number of aromatic nitrogens is 3. The van der Waals surface area contributed by atoms with E-state index in [0.29, 0.717) is 19.0 Å². The van der Waals surface area contributed by atoms with Gasteiger partial charge in [-0.3, -0.25) is 0 Å². The van der Waals surface area contributed by atoms with Gasteiger partial charge in [0.1, 0.15) is 23.9 Å². The van der Waals surface area contributed by atoms with Crippen LogP contribution in [0.15, 0.2) is 52.1 Å². The molecule has 0 amide bonds. The number of nitrogens with zero attached hydrogens (tertiary/aromatic N) is 4. The summed E-state index contributed by atoms with van der Waals surface area (Å²) in [5.74, 6) is 4.47. The first-order valence-corrected chi connectivity index (χ1v) is 11.4. The lowest BCUT2D eigenvalue weighted by Gasteiger charge is -2.14. The van der Waals surface area contributed by atoms with Gasteiger partial charge in [0, 0.05) is 31.6 Å². The number of benzene rings is 1. The van der Waals surface area contributed by atoms with Gasteiger partial charge in [0.05, 0.1) is 12.4 Å². The number of aliphatic imine (C=N–C) groups is 1. The van der Waals surface area contributed by atoms with Crippen LogP contribution in [0.5, 0.6) is 5.75 Å². The fourth-order valence-electron chi connectivity index (χ4n) is 3.74. The Bertz CT molecular complexity index is 999. The highest BCUT2D eigenvalue weighted by Gasteiger charge is 2.14. The molecule has 0 saturated carbocycles. The molecule has 0 spiro atoms. The van der Waals surface area contributed by atoms with Crippen molar-refractivity contribution in [2.75, 3.05) is 11.9 Å². The number of nitrogens with one attached hydrogen (secondary N) is 2. The van der Waals surface area contributed by atoms with Crippen molar-refractivity contribution in [2.24, 2.45) is 4.99 Å². The lowest BCUT2D eigenvalue weighted by atomic mass is 10.2. The van der Waals surface area contributed by atoms with Crippen LogP contribution in [0.3, 0.4) is 0 Å². The van der Waals surface area contributed by atoms with Gasteiger partial charge in [-0.05, 0) is 63.1 Å². The molecule has 3 aromatic rings. The first-order valence-electron chi connectivity index (χ1n) is 11.4. The van der Waals surface area contributed by atoms with Crippen molar-refractivity contribution in [1.29, 1.82) is 0 Å². The van der Waals surface area contributed by atoms with Crippen LogP contribution in [0.2, 0.25) is 0 Å². The molecule has 9 heteroatoms. The van der Waals surface area contributed by atoms with E-state index in [-0.39, 0.29) is 30.1 Å². The summed E-state index contributed by atoms with van der Waals surface area (Å²) in [7, 11) is 0. The molecule has 178 valence electrons. The monoisotopic (exact) mass is 564 g/mol. The zero-order valence-electron chi connectivity index (χ0n) is 19.3. The Labute approximate surface area is 212 Å². The van der Waals surface area contributed by atoms with Crippen molar-refractivity contribution >= 4 is 35.6 Å². The summed E-state index contributed by atoms with van der Waals surface area (Å²) >= 11 is 0. The minimum Gasteiger partial charge on any atom is -0.491 e. The highest BCUT2D eigenvalue weighted by molar-refractivity contribution is 14.0. The molecular formula is C24H33IN6O2. The number of anilines is 1. The number of guanidine groups is 1. The average Bonchev–Trinajstić information content (AvgIpc) is 3.37. The molecule has 3 heterocycles. The molecule has 0 atom stereocenters. The molecule has 1 aliphatic heterocycles. The van der Waals surface area contributed by atoms with E-state index in [9.17, 15) is 0 Å². The largest absolute Gasteiger partial charge is 0.491 e. The van der Waals surface area contributed by atoms with Gasteiger partial charge < -0.3 is 24.4 Å². The van der Waals surface area contributed by atoms with Crippen LogP contribution in [-0.2, 0) is 25.9 Å². The van der Waals surface area contributed by atoms with Gasteiger partial charge in [0.15, 0.2) is 11.8 Å². The Balaban J connectivity index is 0.00000306. The van der Waals surface area contributed by atoms with Crippen molar-refractivity contribution in [1.82, 2.24) is 20.1 Å². The van der Waals surface area contributed by atoms with Gasteiger partial charge in [-0.1, -0.05) is 6.42 Å². The highest BCUT2D eigenvalue weighted by Crippen LogP contribution is 2.18. The van der Waals surface area contributed by atoms with Crippen molar-refractivity contribution in [2.45, 2.75) is 65.1 Å². The van der Waals surface area contributed by atoms with E-state index in [1.807, 2.05) is 50.2 Å². The number of rotatable bonds is 8. The Morgan fingerprint density at radius 1 is 1.15 bits per heavy atom. The lowest BCUT2D eigenvalue weighted by molar-refractivity contribution is 0.242. The van der Waals surface area contributed by atoms with Crippen molar-refractivity contribution in [3.63, 3.8) is 0 Å². The Kier molecular flexibility index (Phi) is 9.59. The summed E-state index contributed by atoms with van der Waals surface area (Å²) in [5, 5.41) is 15.6. The minimum absolute atomic E-state index is 0. The van der Waals surface area contributed by atoms with E-state index in [1.165, 1.54) is 19.3 Å². The molecule has 2 N–H and O–H groups in total. The van der Waals surface area contributed by atoms with Crippen LogP contribution < -0.4 is 15.4 Å². The van der Waals surface area contributed by atoms with E-state index in [0.717, 1.165) is 48.2 Å². The van der Waals surface area contributed by atoms with E-state index in [1.54, 1.807) is 6.26 Å². The molecule has 0 unspecified atom stereocenters. The van der Waals surface area contributed by atoms with Gasteiger partial charge in [-0.2, -0.15) is 0 Å². The van der Waals surface area contributed by atoms with Crippen LogP contribution in [0, 0.1) is 0 Å². The third-order valence-electron chi connectivity index (χ3n) is 5.30. The number of fused-ring (bicyclic) bond motifs is 1. The summed E-state index contributed by atoms with van der Waals surface area (Å²) < 4.78 is 13.4. The fraction of sp³-hybridized carbons (Fsp3) is 0.458. The van der Waals surface area contributed by atoms with Gasteiger partial charge in [-0.25, -0.2) is 4.99 Å². The third-order valence-corrected chi connectivity index (χ3v) is 5.30. The van der Waals surface area contributed by atoms with Gasteiger partial charge >= 0.3 is 0 Å². The quantitative estimate of drug-likeness (QED) is 0.232. The molecule has 1 aliphatic rings. The van der Waals surface area contributed by atoms with Gasteiger partial charge in [0.25, 0.3) is 0 Å². The van der Waals surface area contributed by atoms with Crippen molar-refractivity contribution < 1.29 is 9.15 Å². The average molecular weight is 564 g/mol. The topological polar surface area (TPSA) is 89.5 Å². The number of aryl methyl sites for hydroxylation is 1. The number of furan rings is 1. The molecule has 33 heavy (non-hydrogen) atoms. The molecule has 0 bridgehead atoms. The van der Waals surface area contributed by atoms with Crippen molar-refractivity contribution in [3.05, 3.63) is 60.1 Å². The summed E-state index contributed by atoms with van der Waals surface area (Å²) in [5.41, 5.74) is 0.936. The minimum atomic E-state index is 0. The number of ether oxygens (including phenoxy) is 1. The van der Waals surface area contributed by atoms with E-state index in [4.69, 9.17) is 14.1 Å². The second kappa shape index (κ2) is 12.6. The molecule has 0 radical (unpaired) electrons. The van der Waals surface area contributed by atoms with Crippen LogP contribution in [0.4, 0.5) is 5.69 Å². The Hall–Kier alpha value is -2.56. The van der Waals surface area contributed by atoms with Crippen LogP contribution in [0.1, 0.15) is 50.5 Å². The Morgan fingerprint density at radius 2 is 2.00 bits per heavy atom. The zero-order valence-corrected chi connectivity index (χ0v) is 21.6. The molecule has 0 fully saturated rings. The number of hydrogen-bond donors (Lipinski definition) is 2. The molecule has 0 saturated heterocycles. The predicted octanol–water partition coefficient (Wildman–Crippen LogP) is 4.80. The fourth-order valence-corrected chi connectivity index (χ4v) is 3.74.